The van der Waals surface area contributed by atoms with E-state index in [9.17, 15) is 4.79 Å². The Labute approximate surface area is 134 Å². The first-order chi connectivity index (χ1) is 10.00. The van der Waals surface area contributed by atoms with Gasteiger partial charge in [-0.25, -0.2) is 0 Å². The predicted molar refractivity (Wildman–Crippen MR) is 86.8 cm³/mol. The number of hydrogen-bond acceptors (Lipinski definition) is 2. The first-order valence-electron chi connectivity index (χ1n) is 7.70. The van der Waals surface area contributed by atoms with Crippen LogP contribution in [0.2, 0.25) is 0 Å². The zero-order chi connectivity index (χ0) is 15.0. The second-order valence-electron chi connectivity index (χ2n) is 6.66. The fourth-order valence-electron chi connectivity index (χ4n) is 3.52. The van der Waals surface area contributed by atoms with Gasteiger partial charge in [-0.15, -0.1) is 0 Å². The van der Waals surface area contributed by atoms with E-state index < -0.39 is 5.97 Å². The van der Waals surface area contributed by atoms with E-state index in [0.29, 0.717) is 5.92 Å². The van der Waals surface area contributed by atoms with Gasteiger partial charge in [-0.3, -0.25) is 4.79 Å². The largest absolute Gasteiger partial charge is 0.481 e. The van der Waals surface area contributed by atoms with E-state index in [1.54, 1.807) is 0 Å². The van der Waals surface area contributed by atoms with Crippen molar-refractivity contribution in [1.82, 2.24) is 4.90 Å². The van der Waals surface area contributed by atoms with Crippen LogP contribution in [0.4, 0.5) is 0 Å². The lowest BCUT2D eigenvalue weighted by atomic mass is 9.86. The van der Waals surface area contributed by atoms with E-state index in [0.717, 1.165) is 30.4 Å². The molecular formula is C17H22BrNO2. The summed E-state index contributed by atoms with van der Waals surface area (Å²) in [7, 11) is 2.18. The van der Waals surface area contributed by atoms with Crippen molar-refractivity contribution in [3.8, 4) is 0 Å². The second kappa shape index (κ2) is 5.73. The Hall–Kier alpha value is -0.870. The third-order valence-electron chi connectivity index (χ3n) is 5.11. The molecule has 3 rings (SSSR count). The number of hydrogen-bond donors (Lipinski definition) is 1. The molecular weight excluding hydrogens is 330 g/mol. The number of benzene rings is 1. The molecule has 0 aromatic heterocycles. The quantitative estimate of drug-likeness (QED) is 0.897. The maximum Gasteiger partial charge on any atom is 0.304 e. The molecule has 0 bridgehead atoms. The molecule has 3 nitrogen and oxygen atoms in total. The predicted octanol–water partition coefficient (Wildman–Crippen LogP) is 3.76. The first kappa shape index (κ1) is 15.0. The van der Waals surface area contributed by atoms with Gasteiger partial charge in [0.2, 0.25) is 0 Å². The molecule has 1 saturated heterocycles. The minimum atomic E-state index is -0.692. The van der Waals surface area contributed by atoms with Crippen molar-refractivity contribution in [3.63, 3.8) is 0 Å². The summed E-state index contributed by atoms with van der Waals surface area (Å²) >= 11 is 3.72. The Balaban J connectivity index is 1.79. The molecule has 1 aromatic carbocycles. The molecule has 114 valence electrons. The Bertz CT molecular complexity index is 546. The third-order valence-corrected chi connectivity index (χ3v) is 5.80. The molecule has 21 heavy (non-hydrogen) atoms. The fraction of sp³-hybridized carbons (Fsp3) is 0.588. The molecule has 0 amide bonds. The summed E-state index contributed by atoms with van der Waals surface area (Å²) in [6.45, 7) is 2.31. The normalized spacial score (nSPS) is 22.2. The minimum Gasteiger partial charge on any atom is -0.481 e. The summed E-state index contributed by atoms with van der Waals surface area (Å²) < 4.78 is 1.16. The fourth-order valence-corrected chi connectivity index (χ4v) is 4.22. The topological polar surface area (TPSA) is 40.5 Å². The van der Waals surface area contributed by atoms with Crippen LogP contribution in [0.1, 0.15) is 49.1 Å². The molecule has 2 aliphatic rings. The van der Waals surface area contributed by atoms with Gasteiger partial charge in [0.05, 0.1) is 6.42 Å². The van der Waals surface area contributed by atoms with Gasteiger partial charge in [0.15, 0.2) is 0 Å². The zero-order valence-corrected chi connectivity index (χ0v) is 14.0. The summed E-state index contributed by atoms with van der Waals surface area (Å²) in [6.07, 6.45) is 4.66. The highest BCUT2D eigenvalue weighted by molar-refractivity contribution is 9.10. The number of carbonyl (C=O) groups is 1. The van der Waals surface area contributed by atoms with Crippen molar-refractivity contribution in [3.05, 3.63) is 33.8 Å². The van der Waals surface area contributed by atoms with Crippen LogP contribution in [0.15, 0.2) is 22.7 Å². The first-order valence-corrected chi connectivity index (χ1v) is 8.50. The Morgan fingerprint density at radius 2 is 2.05 bits per heavy atom. The Morgan fingerprint density at radius 3 is 2.57 bits per heavy atom. The highest BCUT2D eigenvalue weighted by Crippen LogP contribution is 2.52. The van der Waals surface area contributed by atoms with Gasteiger partial charge in [-0.2, -0.15) is 0 Å². The van der Waals surface area contributed by atoms with Gasteiger partial charge in [0.25, 0.3) is 0 Å². The minimum absolute atomic E-state index is 0.0976. The number of piperidine rings is 1. The number of aliphatic carboxylic acids is 1. The number of nitrogens with zero attached hydrogens (tertiary/aromatic N) is 1. The van der Waals surface area contributed by atoms with E-state index in [2.05, 4.69) is 46.1 Å². The number of carboxylic acids is 1. The van der Waals surface area contributed by atoms with Gasteiger partial charge in [-0.05, 0) is 68.9 Å². The van der Waals surface area contributed by atoms with Crippen molar-refractivity contribution in [2.75, 3.05) is 20.1 Å². The highest BCUT2D eigenvalue weighted by atomic mass is 79.9. The average Bonchev–Trinajstić information content (AvgIpc) is 3.20. The highest BCUT2D eigenvalue weighted by Gasteiger charge is 2.46. The van der Waals surface area contributed by atoms with Crippen LogP contribution < -0.4 is 0 Å². The average molecular weight is 352 g/mol. The summed E-state index contributed by atoms with van der Waals surface area (Å²) in [5.41, 5.74) is 2.48. The summed E-state index contributed by atoms with van der Waals surface area (Å²) in [6, 6.07) is 6.55. The second-order valence-corrected chi connectivity index (χ2v) is 7.52. The standard InChI is InChI=1S/C17H22BrNO2/c1-19-8-4-12(5-9-19)14-3-2-13(10-15(14)18)17(6-7-17)11-16(20)21/h2-3,10,12H,4-9,11H2,1H3,(H,20,21). The molecule has 1 aliphatic heterocycles. The molecule has 1 aromatic rings. The van der Waals surface area contributed by atoms with Gasteiger partial charge in [0, 0.05) is 9.89 Å². The van der Waals surface area contributed by atoms with Crippen molar-refractivity contribution in [1.29, 1.82) is 0 Å². The molecule has 1 aliphatic carbocycles. The van der Waals surface area contributed by atoms with Crippen molar-refractivity contribution in [2.24, 2.45) is 0 Å². The Kier molecular flexibility index (Phi) is 4.10. The molecule has 1 heterocycles. The molecule has 0 radical (unpaired) electrons. The van der Waals surface area contributed by atoms with Crippen molar-refractivity contribution >= 4 is 21.9 Å². The van der Waals surface area contributed by atoms with Crippen LogP contribution in [0.5, 0.6) is 0 Å². The third kappa shape index (κ3) is 3.16. The zero-order valence-electron chi connectivity index (χ0n) is 12.4. The van der Waals surface area contributed by atoms with Crippen LogP contribution in [0, 0.1) is 0 Å². The summed E-state index contributed by atoms with van der Waals surface area (Å²) in [5, 5.41) is 9.09. The lowest BCUT2D eigenvalue weighted by Crippen LogP contribution is -2.29. The van der Waals surface area contributed by atoms with Crippen LogP contribution in [0.3, 0.4) is 0 Å². The maximum atomic E-state index is 11.0. The number of rotatable bonds is 4. The molecule has 0 spiro atoms. The van der Waals surface area contributed by atoms with Crippen LogP contribution in [0.25, 0.3) is 0 Å². The number of halogens is 1. The van der Waals surface area contributed by atoms with Gasteiger partial charge < -0.3 is 10.0 Å². The molecule has 0 atom stereocenters. The molecule has 1 N–H and O–H groups in total. The lowest BCUT2D eigenvalue weighted by molar-refractivity contribution is -0.137. The maximum absolute atomic E-state index is 11.0. The van der Waals surface area contributed by atoms with Crippen LogP contribution >= 0.6 is 15.9 Å². The van der Waals surface area contributed by atoms with E-state index >= 15 is 0 Å². The van der Waals surface area contributed by atoms with Crippen LogP contribution in [-0.4, -0.2) is 36.1 Å². The lowest BCUT2D eigenvalue weighted by Gasteiger charge is -2.30. The van der Waals surface area contributed by atoms with Gasteiger partial charge in [0.1, 0.15) is 0 Å². The molecule has 2 fully saturated rings. The van der Waals surface area contributed by atoms with Crippen molar-refractivity contribution in [2.45, 2.75) is 43.4 Å². The molecule has 1 saturated carbocycles. The van der Waals surface area contributed by atoms with Crippen LogP contribution in [-0.2, 0) is 10.2 Å². The van der Waals surface area contributed by atoms with E-state index in [1.165, 1.54) is 24.0 Å². The van der Waals surface area contributed by atoms with Crippen molar-refractivity contribution < 1.29 is 9.90 Å². The Morgan fingerprint density at radius 1 is 1.38 bits per heavy atom. The SMILES string of the molecule is CN1CCC(c2ccc(C3(CC(=O)O)CC3)cc2Br)CC1. The summed E-state index contributed by atoms with van der Waals surface area (Å²) in [5.74, 6) is -0.0673. The molecule has 4 heteroatoms. The number of likely N-dealkylation sites (tertiary alicyclic amines) is 1. The van der Waals surface area contributed by atoms with E-state index in [4.69, 9.17) is 5.11 Å². The van der Waals surface area contributed by atoms with E-state index in [-0.39, 0.29) is 11.8 Å². The number of carboxylic acid groups (broad SMARTS) is 1. The monoisotopic (exact) mass is 351 g/mol. The summed E-state index contributed by atoms with van der Waals surface area (Å²) in [4.78, 5) is 13.4. The molecule has 0 unspecified atom stereocenters. The van der Waals surface area contributed by atoms with Gasteiger partial charge in [-0.1, -0.05) is 28.1 Å². The smallest absolute Gasteiger partial charge is 0.304 e. The van der Waals surface area contributed by atoms with E-state index in [1.807, 2.05) is 0 Å². The van der Waals surface area contributed by atoms with Gasteiger partial charge >= 0.3 is 5.97 Å².